The lowest BCUT2D eigenvalue weighted by atomic mass is 9.59. The first-order valence-corrected chi connectivity index (χ1v) is 13.5. The molecule has 3 rings (SSSR count). The van der Waals surface area contributed by atoms with Gasteiger partial charge in [-0.1, -0.05) is 89.2 Å². The highest BCUT2D eigenvalue weighted by Gasteiger charge is 2.46. The number of hydrogen-bond donors (Lipinski definition) is 2. The fourth-order valence-corrected chi connectivity index (χ4v) is 7.22. The van der Waals surface area contributed by atoms with Crippen LogP contribution in [0.5, 0.6) is 5.75 Å². The Morgan fingerprint density at radius 2 is 2.03 bits per heavy atom. The minimum Gasteiger partial charge on any atom is -0.508 e. The number of aromatic hydroxyl groups is 1. The zero-order chi connectivity index (χ0) is 23.7. The van der Waals surface area contributed by atoms with Gasteiger partial charge >= 0.3 is 5.97 Å². The summed E-state index contributed by atoms with van der Waals surface area (Å²) >= 11 is 6.36. The second-order valence-electron chi connectivity index (χ2n) is 10.3. The molecule has 174 valence electrons. The zero-order valence-electron chi connectivity index (χ0n) is 19.2. The average Bonchev–Trinajstić information content (AvgIpc) is 2.72. The summed E-state index contributed by atoms with van der Waals surface area (Å²) in [5.41, 5.74) is 3.73. The monoisotopic (exact) mass is 612 g/mol. The van der Waals surface area contributed by atoms with Crippen molar-refractivity contribution < 1.29 is 15.0 Å². The SMILES string of the molecule is C=C1CC=CC(C)(C)[C@H]1CC[C@@]1(C)[C@H](Cc2cc(C(=O)O)ccc2O)/C(=C/I)CC[C@@H]1Br. The van der Waals surface area contributed by atoms with Gasteiger partial charge in [0.15, 0.2) is 0 Å². The minimum atomic E-state index is -0.966. The van der Waals surface area contributed by atoms with Crippen molar-refractivity contribution in [1.29, 1.82) is 0 Å². The predicted octanol–water partition coefficient (Wildman–Crippen LogP) is 8.07. The van der Waals surface area contributed by atoms with Crippen molar-refractivity contribution in [2.45, 2.75) is 64.1 Å². The topological polar surface area (TPSA) is 57.5 Å². The fourth-order valence-electron chi connectivity index (χ4n) is 5.70. The van der Waals surface area contributed by atoms with Gasteiger partial charge in [-0.3, -0.25) is 0 Å². The molecule has 0 aromatic heterocycles. The van der Waals surface area contributed by atoms with Crippen LogP contribution in [0.3, 0.4) is 0 Å². The molecule has 1 aromatic rings. The molecular weight excluding hydrogens is 579 g/mol. The second-order valence-corrected chi connectivity index (χ2v) is 12.0. The number of hydrogen-bond acceptors (Lipinski definition) is 2. The lowest BCUT2D eigenvalue weighted by Crippen LogP contribution is -2.43. The standard InChI is InChI=1S/C27H34BrIO3/c1-17-6-5-12-26(2,3)21(17)11-13-27(4)22(19(16-29)8-10-24(27)28)15-20-14-18(25(31)32)7-9-23(20)30/h5,7,9,12,14,16,21-22,24,30H,1,6,8,10-11,13,15H2,2-4H3,(H,31,32)/b19-16+/t21-,22+,24-,27-/m0/s1. The van der Waals surface area contributed by atoms with Gasteiger partial charge in [0.25, 0.3) is 0 Å². The molecule has 0 aliphatic heterocycles. The fraction of sp³-hybridized carbons (Fsp3) is 0.519. The van der Waals surface area contributed by atoms with Gasteiger partial charge in [-0.25, -0.2) is 4.79 Å². The number of allylic oxidation sites excluding steroid dienone is 4. The van der Waals surface area contributed by atoms with E-state index in [9.17, 15) is 15.0 Å². The largest absolute Gasteiger partial charge is 0.508 e. The summed E-state index contributed by atoms with van der Waals surface area (Å²) in [5, 5.41) is 20.0. The van der Waals surface area contributed by atoms with Crippen LogP contribution in [-0.4, -0.2) is 21.0 Å². The van der Waals surface area contributed by atoms with E-state index in [-0.39, 0.29) is 28.1 Å². The number of carboxylic acids is 1. The molecule has 3 nitrogen and oxygen atoms in total. The first-order valence-electron chi connectivity index (χ1n) is 11.3. The van der Waals surface area contributed by atoms with E-state index >= 15 is 0 Å². The lowest BCUT2D eigenvalue weighted by Gasteiger charge is -2.49. The second kappa shape index (κ2) is 10.0. The molecule has 0 radical (unpaired) electrons. The van der Waals surface area contributed by atoms with Crippen molar-refractivity contribution in [3.05, 3.63) is 63.3 Å². The van der Waals surface area contributed by atoms with E-state index in [0.717, 1.165) is 32.1 Å². The van der Waals surface area contributed by atoms with E-state index in [0.29, 0.717) is 22.7 Å². The number of rotatable bonds is 6. The number of aromatic carboxylic acids is 1. The molecule has 5 heteroatoms. The molecule has 2 aliphatic rings. The third kappa shape index (κ3) is 5.19. The lowest BCUT2D eigenvalue weighted by molar-refractivity contribution is 0.0696. The maximum Gasteiger partial charge on any atom is 0.335 e. The summed E-state index contributed by atoms with van der Waals surface area (Å²) in [7, 11) is 0. The van der Waals surface area contributed by atoms with Gasteiger partial charge in [0.05, 0.1) is 5.56 Å². The van der Waals surface area contributed by atoms with Crippen LogP contribution in [0.25, 0.3) is 0 Å². The van der Waals surface area contributed by atoms with Crippen molar-refractivity contribution in [3.63, 3.8) is 0 Å². The van der Waals surface area contributed by atoms with Crippen LogP contribution in [0.2, 0.25) is 0 Å². The summed E-state index contributed by atoms with van der Waals surface area (Å²) in [6, 6.07) is 4.62. The summed E-state index contributed by atoms with van der Waals surface area (Å²) < 4.78 is 2.20. The highest BCUT2D eigenvalue weighted by atomic mass is 127. The van der Waals surface area contributed by atoms with Crippen molar-refractivity contribution in [2.75, 3.05) is 0 Å². The molecule has 0 heterocycles. The number of phenols is 1. The van der Waals surface area contributed by atoms with Crippen LogP contribution in [0.15, 0.2) is 52.2 Å². The Morgan fingerprint density at radius 3 is 2.66 bits per heavy atom. The molecule has 0 amide bonds. The molecule has 2 N–H and O–H groups in total. The van der Waals surface area contributed by atoms with Gasteiger partial charge in [0.1, 0.15) is 5.75 Å². The van der Waals surface area contributed by atoms with Gasteiger partial charge in [-0.05, 0) is 89.0 Å². The Labute approximate surface area is 214 Å². The van der Waals surface area contributed by atoms with E-state index < -0.39 is 5.97 Å². The molecule has 1 saturated carbocycles. The number of benzene rings is 1. The minimum absolute atomic E-state index is 0.0154. The van der Waals surface area contributed by atoms with Crippen LogP contribution in [0.4, 0.5) is 0 Å². The van der Waals surface area contributed by atoms with E-state index in [1.807, 2.05) is 0 Å². The molecule has 0 unspecified atom stereocenters. The molecule has 32 heavy (non-hydrogen) atoms. The van der Waals surface area contributed by atoms with Crippen LogP contribution >= 0.6 is 38.5 Å². The Kier molecular flexibility index (Phi) is 8.01. The van der Waals surface area contributed by atoms with Gasteiger partial charge < -0.3 is 10.2 Å². The summed E-state index contributed by atoms with van der Waals surface area (Å²) in [5.74, 6) is -0.120. The molecular formula is C27H34BrIO3. The molecule has 4 atom stereocenters. The first-order chi connectivity index (χ1) is 15.0. The van der Waals surface area contributed by atoms with Crippen LogP contribution in [-0.2, 0) is 6.42 Å². The van der Waals surface area contributed by atoms with E-state index in [1.165, 1.54) is 23.3 Å². The molecule has 1 fully saturated rings. The molecule has 2 aliphatic carbocycles. The van der Waals surface area contributed by atoms with Gasteiger partial charge in [0, 0.05) is 4.83 Å². The maximum atomic E-state index is 11.5. The zero-order valence-corrected chi connectivity index (χ0v) is 22.9. The van der Waals surface area contributed by atoms with Gasteiger partial charge in [-0.15, -0.1) is 0 Å². The number of alkyl halides is 1. The van der Waals surface area contributed by atoms with Crippen molar-refractivity contribution in [2.24, 2.45) is 22.7 Å². The first kappa shape index (κ1) is 25.5. The van der Waals surface area contributed by atoms with E-state index in [1.54, 1.807) is 6.07 Å². The summed E-state index contributed by atoms with van der Waals surface area (Å²) in [6.45, 7) is 11.4. The average molecular weight is 613 g/mol. The van der Waals surface area contributed by atoms with Crippen LogP contribution < -0.4 is 0 Å². The van der Waals surface area contributed by atoms with E-state index in [2.05, 4.69) is 82.1 Å². The Morgan fingerprint density at radius 1 is 1.31 bits per heavy atom. The predicted molar refractivity (Wildman–Crippen MR) is 144 cm³/mol. The van der Waals surface area contributed by atoms with Crippen LogP contribution in [0, 0.1) is 22.7 Å². The number of carboxylic acid groups (broad SMARTS) is 1. The Balaban J connectivity index is 1.93. The summed E-state index contributed by atoms with van der Waals surface area (Å²) in [6.07, 6.45) is 10.4. The summed E-state index contributed by atoms with van der Waals surface area (Å²) in [4.78, 5) is 11.9. The Bertz CT molecular complexity index is 948. The number of halogens is 2. The maximum absolute atomic E-state index is 11.5. The third-order valence-electron chi connectivity index (χ3n) is 7.83. The normalized spacial score (nSPS) is 31.1. The van der Waals surface area contributed by atoms with Crippen LogP contribution in [0.1, 0.15) is 68.8 Å². The number of phenolic OH excluding ortho intramolecular Hbond substituents is 1. The molecule has 0 saturated heterocycles. The van der Waals surface area contributed by atoms with Gasteiger partial charge in [-0.2, -0.15) is 0 Å². The van der Waals surface area contributed by atoms with Crippen molar-refractivity contribution in [3.8, 4) is 5.75 Å². The van der Waals surface area contributed by atoms with Crippen molar-refractivity contribution in [1.82, 2.24) is 0 Å². The van der Waals surface area contributed by atoms with E-state index in [4.69, 9.17) is 0 Å². The van der Waals surface area contributed by atoms with Gasteiger partial charge in [0.2, 0.25) is 0 Å². The highest BCUT2D eigenvalue weighted by molar-refractivity contribution is 14.1. The Hall–Kier alpha value is -1.08. The third-order valence-corrected chi connectivity index (χ3v) is 10.1. The molecule has 0 spiro atoms. The molecule has 1 aromatic carbocycles. The molecule has 0 bridgehead atoms. The smallest absolute Gasteiger partial charge is 0.335 e. The highest BCUT2D eigenvalue weighted by Crippen LogP contribution is 2.54. The number of carbonyl (C=O) groups is 1. The quantitative estimate of drug-likeness (QED) is 0.194. The van der Waals surface area contributed by atoms with Crippen molar-refractivity contribution >= 4 is 44.5 Å².